The molecule has 0 saturated heterocycles. The van der Waals surface area contributed by atoms with Crippen LogP contribution in [0.3, 0.4) is 0 Å². The molecule has 90 valence electrons. The van der Waals surface area contributed by atoms with E-state index in [0.717, 1.165) is 0 Å². The van der Waals surface area contributed by atoms with Crippen molar-refractivity contribution in [1.82, 2.24) is 0 Å². The third-order valence-corrected chi connectivity index (χ3v) is 3.17. The SMILES string of the molecule is CCC(CC)(c1ccc(O)cc1)C(F)(F)F. The van der Waals surface area contributed by atoms with Crippen LogP contribution in [-0.4, -0.2) is 11.3 Å². The lowest BCUT2D eigenvalue weighted by Crippen LogP contribution is -2.41. The van der Waals surface area contributed by atoms with Crippen molar-refractivity contribution in [3.05, 3.63) is 29.8 Å². The van der Waals surface area contributed by atoms with Gasteiger partial charge < -0.3 is 5.11 Å². The van der Waals surface area contributed by atoms with E-state index in [4.69, 9.17) is 5.11 Å². The van der Waals surface area contributed by atoms with Crippen molar-refractivity contribution < 1.29 is 18.3 Å². The summed E-state index contributed by atoms with van der Waals surface area (Å²) < 4.78 is 39.3. The van der Waals surface area contributed by atoms with Gasteiger partial charge in [0.15, 0.2) is 0 Å². The van der Waals surface area contributed by atoms with Crippen LogP contribution in [0.2, 0.25) is 0 Å². The second kappa shape index (κ2) is 4.36. The summed E-state index contributed by atoms with van der Waals surface area (Å²) in [5, 5.41) is 9.09. The van der Waals surface area contributed by atoms with E-state index in [1.54, 1.807) is 0 Å². The lowest BCUT2D eigenvalue weighted by Gasteiger charge is -2.34. The van der Waals surface area contributed by atoms with Gasteiger partial charge in [-0.3, -0.25) is 0 Å². The molecule has 1 aromatic rings. The van der Waals surface area contributed by atoms with Gasteiger partial charge in [0.05, 0.1) is 5.41 Å². The molecule has 0 aromatic heterocycles. The first-order valence-electron chi connectivity index (χ1n) is 5.23. The first-order valence-corrected chi connectivity index (χ1v) is 5.23. The molecule has 16 heavy (non-hydrogen) atoms. The van der Waals surface area contributed by atoms with Gasteiger partial charge in [-0.2, -0.15) is 13.2 Å². The number of aromatic hydroxyl groups is 1. The number of halogens is 3. The highest BCUT2D eigenvalue weighted by atomic mass is 19.4. The molecule has 0 radical (unpaired) electrons. The summed E-state index contributed by atoms with van der Waals surface area (Å²) in [6.45, 7) is 3.06. The van der Waals surface area contributed by atoms with E-state index in [2.05, 4.69) is 0 Å². The van der Waals surface area contributed by atoms with Crippen molar-refractivity contribution in [2.75, 3.05) is 0 Å². The smallest absolute Gasteiger partial charge is 0.398 e. The van der Waals surface area contributed by atoms with Gasteiger partial charge in [-0.25, -0.2) is 0 Å². The molecule has 1 aromatic carbocycles. The third kappa shape index (κ3) is 2.01. The molecule has 1 rings (SSSR count). The fourth-order valence-corrected chi connectivity index (χ4v) is 2.00. The van der Waals surface area contributed by atoms with Crippen LogP contribution in [-0.2, 0) is 5.41 Å². The highest BCUT2D eigenvalue weighted by Crippen LogP contribution is 2.46. The van der Waals surface area contributed by atoms with Crippen LogP contribution in [0.1, 0.15) is 32.3 Å². The Morgan fingerprint density at radius 2 is 1.44 bits per heavy atom. The van der Waals surface area contributed by atoms with Gasteiger partial charge >= 0.3 is 6.18 Å². The van der Waals surface area contributed by atoms with Gasteiger partial charge in [0, 0.05) is 0 Å². The Labute approximate surface area is 92.9 Å². The summed E-state index contributed by atoms with van der Waals surface area (Å²) in [5.41, 5.74) is -1.59. The monoisotopic (exact) mass is 232 g/mol. The molecule has 0 spiro atoms. The molecule has 0 unspecified atom stereocenters. The van der Waals surface area contributed by atoms with Gasteiger partial charge in [0.1, 0.15) is 5.75 Å². The molecular weight excluding hydrogens is 217 g/mol. The molecular formula is C12H15F3O. The zero-order valence-corrected chi connectivity index (χ0v) is 9.30. The van der Waals surface area contributed by atoms with Gasteiger partial charge in [0.2, 0.25) is 0 Å². The lowest BCUT2D eigenvalue weighted by atomic mass is 9.75. The van der Waals surface area contributed by atoms with E-state index in [9.17, 15) is 13.2 Å². The maximum absolute atomic E-state index is 13.1. The second-order valence-electron chi connectivity index (χ2n) is 3.83. The van der Waals surface area contributed by atoms with E-state index < -0.39 is 11.6 Å². The Hall–Kier alpha value is -1.19. The molecule has 0 aliphatic carbocycles. The second-order valence-corrected chi connectivity index (χ2v) is 3.83. The number of alkyl halides is 3. The number of hydrogen-bond donors (Lipinski definition) is 1. The minimum Gasteiger partial charge on any atom is -0.508 e. The van der Waals surface area contributed by atoms with E-state index >= 15 is 0 Å². The number of benzene rings is 1. The van der Waals surface area contributed by atoms with Gasteiger partial charge in [-0.1, -0.05) is 26.0 Å². The number of rotatable bonds is 3. The topological polar surface area (TPSA) is 20.2 Å². The fourth-order valence-electron chi connectivity index (χ4n) is 2.00. The van der Waals surface area contributed by atoms with Crippen LogP contribution in [0.25, 0.3) is 0 Å². The largest absolute Gasteiger partial charge is 0.508 e. The normalized spacial score (nSPS) is 12.8. The lowest BCUT2D eigenvalue weighted by molar-refractivity contribution is -0.193. The standard InChI is InChI=1S/C12H15F3O/c1-3-11(4-2,12(13,14)15)9-5-7-10(16)8-6-9/h5-8,16H,3-4H2,1-2H3. The summed E-state index contributed by atoms with van der Waals surface area (Å²) in [7, 11) is 0. The molecule has 1 N–H and O–H groups in total. The average Bonchev–Trinajstić information content (AvgIpc) is 2.21. The van der Waals surface area contributed by atoms with Crippen molar-refractivity contribution in [2.24, 2.45) is 0 Å². The zero-order valence-electron chi connectivity index (χ0n) is 9.30. The molecule has 4 heteroatoms. The van der Waals surface area contributed by atoms with Crippen LogP contribution < -0.4 is 0 Å². The van der Waals surface area contributed by atoms with E-state index in [-0.39, 0.29) is 24.2 Å². The molecule has 0 saturated carbocycles. The molecule has 0 amide bonds. The summed E-state index contributed by atoms with van der Waals surface area (Å²) >= 11 is 0. The van der Waals surface area contributed by atoms with Gasteiger partial charge in [-0.15, -0.1) is 0 Å². The summed E-state index contributed by atoms with van der Waals surface area (Å²) in [4.78, 5) is 0. The Kier molecular flexibility index (Phi) is 3.51. The number of phenolic OH excluding ortho intramolecular Hbond substituents is 1. The van der Waals surface area contributed by atoms with Crippen molar-refractivity contribution >= 4 is 0 Å². The predicted octanol–water partition coefficient (Wildman–Crippen LogP) is 4.01. The fraction of sp³-hybridized carbons (Fsp3) is 0.500. The van der Waals surface area contributed by atoms with Gasteiger partial charge in [-0.05, 0) is 30.5 Å². The first-order chi connectivity index (χ1) is 7.37. The summed E-state index contributed by atoms with van der Waals surface area (Å²) in [6, 6.07) is 5.27. The van der Waals surface area contributed by atoms with Crippen LogP contribution >= 0.6 is 0 Å². The summed E-state index contributed by atoms with van der Waals surface area (Å²) in [6.07, 6.45) is -4.27. The van der Waals surface area contributed by atoms with Crippen molar-refractivity contribution in [3.8, 4) is 5.75 Å². The highest BCUT2D eigenvalue weighted by molar-refractivity contribution is 5.32. The van der Waals surface area contributed by atoms with E-state index in [0.29, 0.717) is 0 Å². The van der Waals surface area contributed by atoms with Crippen LogP contribution in [0.4, 0.5) is 13.2 Å². The molecule has 0 atom stereocenters. The Balaban J connectivity index is 3.26. The molecule has 0 heterocycles. The Morgan fingerprint density at radius 3 is 1.75 bits per heavy atom. The first kappa shape index (κ1) is 12.9. The Bertz CT molecular complexity index is 336. The van der Waals surface area contributed by atoms with E-state index in [1.807, 2.05) is 0 Å². The maximum Gasteiger partial charge on any atom is 0.398 e. The highest BCUT2D eigenvalue weighted by Gasteiger charge is 2.53. The van der Waals surface area contributed by atoms with Crippen LogP contribution in [0.5, 0.6) is 5.75 Å². The molecule has 0 fully saturated rings. The minimum atomic E-state index is -4.27. The van der Waals surface area contributed by atoms with Crippen LogP contribution in [0, 0.1) is 0 Å². The maximum atomic E-state index is 13.1. The molecule has 0 bridgehead atoms. The zero-order chi connectivity index (χ0) is 12.4. The van der Waals surface area contributed by atoms with Crippen molar-refractivity contribution in [2.45, 2.75) is 38.3 Å². The minimum absolute atomic E-state index is 0.00221. The third-order valence-electron chi connectivity index (χ3n) is 3.17. The van der Waals surface area contributed by atoms with Crippen molar-refractivity contribution in [1.29, 1.82) is 0 Å². The van der Waals surface area contributed by atoms with E-state index in [1.165, 1.54) is 38.1 Å². The number of phenols is 1. The van der Waals surface area contributed by atoms with Crippen molar-refractivity contribution in [3.63, 3.8) is 0 Å². The molecule has 1 nitrogen and oxygen atoms in total. The average molecular weight is 232 g/mol. The summed E-state index contributed by atoms with van der Waals surface area (Å²) in [5.74, 6) is -0.0213. The molecule has 0 aliphatic rings. The quantitative estimate of drug-likeness (QED) is 0.834. The van der Waals surface area contributed by atoms with Crippen LogP contribution in [0.15, 0.2) is 24.3 Å². The predicted molar refractivity (Wildman–Crippen MR) is 56.4 cm³/mol. The Morgan fingerprint density at radius 1 is 1.00 bits per heavy atom. The number of hydrogen-bond acceptors (Lipinski definition) is 1. The van der Waals surface area contributed by atoms with Gasteiger partial charge in [0.25, 0.3) is 0 Å². The molecule has 0 aliphatic heterocycles.